The maximum atomic E-state index is 12.9. The fraction of sp³-hybridized carbons (Fsp3) is 0.292. The quantitative estimate of drug-likeness (QED) is 0.307. The number of para-hydroxylation sites is 2. The Kier molecular flexibility index (Phi) is 5.96. The van der Waals surface area contributed by atoms with E-state index in [0.717, 1.165) is 42.1 Å². The van der Waals surface area contributed by atoms with Crippen LogP contribution in [0.15, 0.2) is 64.2 Å². The Morgan fingerprint density at radius 1 is 1.06 bits per heavy atom. The third-order valence-electron chi connectivity index (χ3n) is 5.56. The first kappa shape index (κ1) is 20.8. The number of anilines is 1. The molecule has 0 unspecified atom stereocenters. The van der Waals surface area contributed by atoms with Crippen LogP contribution in [0.1, 0.15) is 23.0 Å². The molecule has 2 aromatic heterocycles. The van der Waals surface area contributed by atoms with Gasteiger partial charge in [0.1, 0.15) is 5.58 Å². The van der Waals surface area contributed by atoms with Crippen molar-refractivity contribution in [2.45, 2.75) is 18.5 Å². The summed E-state index contributed by atoms with van der Waals surface area (Å²) in [6.07, 6.45) is 0.888. The van der Waals surface area contributed by atoms with E-state index in [9.17, 15) is 4.79 Å². The third kappa shape index (κ3) is 4.03. The average molecular weight is 449 g/mol. The number of ketones is 1. The van der Waals surface area contributed by atoms with E-state index in [1.165, 1.54) is 17.3 Å². The lowest BCUT2D eigenvalue weighted by Crippen LogP contribution is -2.38. The third-order valence-corrected chi connectivity index (χ3v) is 6.49. The molecule has 0 N–H and O–H groups in total. The van der Waals surface area contributed by atoms with Gasteiger partial charge in [-0.3, -0.25) is 9.36 Å². The number of furan rings is 1. The van der Waals surface area contributed by atoms with Crippen LogP contribution in [0.25, 0.3) is 16.7 Å². The molecule has 0 radical (unpaired) electrons. The van der Waals surface area contributed by atoms with Gasteiger partial charge < -0.3 is 14.1 Å². The van der Waals surface area contributed by atoms with Crippen LogP contribution in [0, 0.1) is 0 Å². The second kappa shape index (κ2) is 9.18. The van der Waals surface area contributed by atoms with E-state index in [1.54, 1.807) is 6.07 Å². The molecule has 1 fully saturated rings. The molecule has 0 bridgehead atoms. The molecule has 32 heavy (non-hydrogen) atoms. The zero-order valence-corrected chi connectivity index (χ0v) is 18.7. The molecule has 0 amide bonds. The summed E-state index contributed by atoms with van der Waals surface area (Å²) in [6.45, 7) is 4.98. The van der Waals surface area contributed by atoms with Crippen molar-refractivity contribution in [2.75, 3.05) is 37.0 Å². The number of aryl methyl sites for hydroxylation is 1. The van der Waals surface area contributed by atoms with Crippen molar-refractivity contribution in [3.63, 3.8) is 0 Å². The molecule has 1 aliphatic heterocycles. The summed E-state index contributed by atoms with van der Waals surface area (Å²) in [6, 6.07) is 17.7. The molecular weight excluding hydrogens is 424 g/mol. The average Bonchev–Trinajstić information content (AvgIpc) is 3.47. The first-order valence-corrected chi connectivity index (χ1v) is 11.7. The Balaban J connectivity index is 1.45. The lowest BCUT2D eigenvalue weighted by atomic mass is 10.1. The first-order chi connectivity index (χ1) is 15.7. The van der Waals surface area contributed by atoms with Gasteiger partial charge in [-0.05, 0) is 30.2 Å². The van der Waals surface area contributed by atoms with Crippen LogP contribution in [0.4, 0.5) is 5.95 Å². The van der Waals surface area contributed by atoms with Gasteiger partial charge in [0, 0.05) is 18.5 Å². The highest BCUT2D eigenvalue weighted by atomic mass is 32.2. The molecule has 1 saturated heterocycles. The molecule has 8 heteroatoms. The molecule has 0 atom stereocenters. The second-order valence-electron chi connectivity index (χ2n) is 7.56. The number of carbonyl (C=O) groups is 1. The standard InChI is InChI=1S/C24H24N4O3S/c1-2-17-7-3-5-9-19(17)28-23(27-11-13-30-14-12-27)25-26-24(28)32-16-20(29)22-15-18-8-4-6-10-21(18)31-22/h3-10,15H,2,11-14,16H2,1H3. The van der Waals surface area contributed by atoms with E-state index >= 15 is 0 Å². The van der Waals surface area contributed by atoms with Crippen LogP contribution < -0.4 is 4.90 Å². The Labute approximate surface area is 190 Å². The highest BCUT2D eigenvalue weighted by molar-refractivity contribution is 7.99. The van der Waals surface area contributed by atoms with Gasteiger partial charge >= 0.3 is 0 Å². The predicted molar refractivity (Wildman–Crippen MR) is 125 cm³/mol. The molecule has 5 rings (SSSR count). The summed E-state index contributed by atoms with van der Waals surface area (Å²) < 4.78 is 13.3. The van der Waals surface area contributed by atoms with E-state index < -0.39 is 0 Å². The van der Waals surface area contributed by atoms with E-state index in [2.05, 4.69) is 38.7 Å². The van der Waals surface area contributed by atoms with Crippen molar-refractivity contribution in [1.29, 1.82) is 0 Å². The van der Waals surface area contributed by atoms with Gasteiger partial charge in [0.15, 0.2) is 10.9 Å². The smallest absolute Gasteiger partial charge is 0.232 e. The number of carbonyl (C=O) groups excluding carboxylic acids is 1. The maximum Gasteiger partial charge on any atom is 0.232 e. The minimum absolute atomic E-state index is 0.0718. The highest BCUT2D eigenvalue weighted by Crippen LogP contribution is 2.30. The Morgan fingerprint density at radius 2 is 1.84 bits per heavy atom. The maximum absolute atomic E-state index is 12.9. The van der Waals surface area contributed by atoms with E-state index in [1.807, 2.05) is 36.4 Å². The van der Waals surface area contributed by atoms with Crippen molar-refractivity contribution >= 4 is 34.5 Å². The van der Waals surface area contributed by atoms with Crippen LogP contribution >= 0.6 is 11.8 Å². The number of hydrogen-bond donors (Lipinski definition) is 0. The number of hydrogen-bond acceptors (Lipinski definition) is 7. The molecule has 4 aromatic rings. The number of fused-ring (bicyclic) bond motifs is 1. The Hall–Kier alpha value is -3.10. The number of nitrogens with zero attached hydrogens (tertiary/aromatic N) is 4. The van der Waals surface area contributed by atoms with Crippen molar-refractivity contribution < 1.29 is 13.9 Å². The van der Waals surface area contributed by atoms with Gasteiger partial charge in [-0.2, -0.15) is 0 Å². The monoisotopic (exact) mass is 448 g/mol. The minimum Gasteiger partial charge on any atom is -0.453 e. The number of rotatable bonds is 7. The normalized spacial score (nSPS) is 14.2. The molecule has 0 aliphatic carbocycles. The summed E-state index contributed by atoms with van der Waals surface area (Å²) in [7, 11) is 0. The topological polar surface area (TPSA) is 73.4 Å². The van der Waals surface area contributed by atoms with Gasteiger partial charge in [-0.1, -0.05) is 55.1 Å². The highest BCUT2D eigenvalue weighted by Gasteiger charge is 2.24. The number of Topliss-reactive ketones (excluding diaryl/α,β-unsaturated/α-hetero) is 1. The second-order valence-corrected chi connectivity index (χ2v) is 8.50. The van der Waals surface area contributed by atoms with Gasteiger partial charge in [-0.25, -0.2) is 0 Å². The van der Waals surface area contributed by atoms with Crippen LogP contribution in [0.5, 0.6) is 0 Å². The lowest BCUT2D eigenvalue weighted by molar-refractivity contribution is 0.0994. The summed E-state index contributed by atoms with van der Waals surface area (Å²) in [5, 5.41) is 10.6. The van der Waals surface area contributed by atoms with Gasteiger partial charge in [-0.15, -0.1) is 10.2 Å². The van der Waals surface area contributed by atoms with Gasteiger partial charge in [0.25, 0.3) is 0 Å². The lowest BCUT2D eigenvalue weighted by Gasteiger charge is -2.28. The van der Waals surface area contributed by atoms with Crippen molar-refractivity contribution in [2.24, 2.45) is 0 Å². The molecule has 3 heterocycles. The van der Waals surface area contributed by atoms with Crippen molar-refractivity contribution in [3.8, 4) is 5.69 Å². The molecule has 164 valence electrons. The zero-order chi connectivity index (χ0) is 21.9. The van der Waals surface area contributed by atoms with Crippen LogP contribution in [0.2, 0.25) is 0 Å². The molecule has 7 nitrogen and oxygen atoms in total. The van der Waals surface area contributed by atoms with Crippen LogP contribution in [0.3, 0.4) is 0 Å². The van der Waals surface area contributed by atoms with Crippen molar-refractivity contribution in [1.82, 2.24) is 14.8 Å². The molecule has 1 aliphatic rings. The van der Waals surface area contributed by atoms with Crippen LogP contribution in [-0.4, -0.2) is 52.6 Å². The number of thioether (sulfide) groups is 1. The number of benzene rings is 2. The van der Waals surface area contributed by atoms with E-state index in [-0.39, 0.29) is 11.5 Å². The number of aromatic nitrogens is 3. The van der Waals surface area contributed by atoms with E-state index in [0.29, 0.717) is 24.1 Å². The summed E-state index contributed by atoms with van der Waals surface area (Å²) in [5.74, 6) is 1.30. The van der Waals surface area contributed by atoms with E-state index in [4.69, 9.17) is 9.15 Å². The Bertz CT molecular complexity index is 1210. The van der Waals surface area contributed by atoms with Gasteiger partial charge in [0.05, 0.1) is 24.7 Å². The molecule has 0 spiro atoms. The largest absolute Gasteiger partial charge is 0.453 e. The fourth-order valence-electron chi connectivity index (χ4n) is 3.88. The predicted octanol–water partition coefficient (Wildman–Crippen LogP) is 4.39. The first-order valence-electron chi connectivity index (χ1n) is 10.8. The zero-order valence-electron chi connectivity index (χ0n) is 17.9. The fourth-order valence-corrected chi connectivity index (χ4v) is 4.69. The number of ether oxygens (including phenoxy) is 1. The molecule has 2 aromatic carbocycles. The van der Waals surface area contributed by atoms with Crippen LogP contribution in [-0.2, 0) is 11.2 Å². The summed E-state index contributed by atoms with van der Waals surface area (Å²) >= 11 is 1.38. The minimum atomic E-state index is -0.0718. The summed E-state index contributed by atoms with van der Waals surface area (Å²) in [4.78, 5) is 15.1. The molecule has 0 saturated carbocycles. The van der Waals surface area contributed by atoms with Crippen molar-refractivity contribution in [3.05, 3.63) is 65.9 Å². The SMILES string of the molecule is CCc1ccccc1-n1c(SCC(=O)c2cc3ccccc3o2)nnc1N1CCOCC1. The molecular formula is C24H24N4O3S. The van der Waals surface area contributed by atoms with Gasteiger partial charge in [0.2, 0.25) is 11.7 Å². The summed E-state index contributed by atoms with van der Waals surface area (Å²) in [5.41, 5.74) is 2.96. The Morgan fingerprint density at radius 3 is 2.66 bits per heavy atom. The number of morpholine rings is 1.